The average Bonchev–Trinajstić information content (AvgIpc) is 2.15. The van der Waals surface area contributed by atoms with Crippen molar-refractivity contribution >= 4 is 0 Å². The van der Waals surface area contributed by atoms with Crippen LogP contribution in [-0.2, 0) is 0 Å². The highest BCUT2D eigenvalue weighted by Crippen LogP contribution is 2.36. The molecule has 1 N–H and O–H groups in total. The van der Waals surface area contributed by atoms with Gasteiger partial charge in [0.1, 0.15) is 0 Å². The van der Waals surface area contributed by atoms with Gasteiger partial charge in [-0.25, -0.2) is 0 Å². The van der Waals surface area contributed by atoms with Crippen LogP contribution in [0, 0.1) is 0 Å². The molecule has 3 rings (SSSR count). The summed E-state index contributed by atoms with van der Waals surface area (Å²) in [4.78, 5) is 2.75. The van der Waals surface area contributed by atoms with Gasteiger partial charge < -0.3 is 5.32 Å². The molecule has 1 spiro atoms. The molecule has 0 radical (unpaired) electrons. The Labute approximate surface area is 80.7 Å². The van der Waals surface area contributed by atoms with Crippen molar-refractivity contribution < 1.29 is 0 Å². The van der Waals surface area contributed by atoms with Gasteiger partial charge in [0.25, 0.3) is 0 Å². The van der Waals surface area contributed by atoms with Gasteiger partial charge in [0, 0.05) is 24.7 Å². The van der Waals surface area contributed by atoms with E-state index in [1.54, 1.807) is 0 Å². The molecular formula is C11H20N2. The lowest BCUT2D eigenvalue weighted by atomic mass is 9.74. The van der Waals surface area contributed by atoms with Crippen molar-refractivity contribution in [3.8, 4) is 0 Å². The van der Waals surface area contributed by atoms with Crippen molar-refractivity contribution in [1.29, 1.82) is 0 Å². The van der Waals surface area contributed by atoms with E-state index in [1.807, 2.05) is 0 Å². The van der Waals surface area contributed by atoms with Crippen LogP contribution < -0.4 is 5.32 Å². The fourth-order valence-electron chi connectivity index (χ4n) is 3.22. The lowest BCUT2D eigenvalue weighted by Gasteiger charge is -2.54. The van der Waals surface area contributed by atoms with Crippen LogP contribution in [0.15, 0.2) is 0 Å². The second kappa shape index (κ2) is 2.96. The first kappa shape index (κ1) is 8.25. The van der Waals surface area contributed by atoms with Gasteiger partial charge in [0.15, 0.2) is 0 Å². The Morgan fingerprint density at radius 2 is 2.08 bits per heavy atom. The highest BCUT2D eigenvalue weighted by atomic mass is 15.3. The minimum atomic E-state index is 0.563. The van der Waals surface area contributed by atoms with Gasteiger partial charge in [-0.15, -0.1) is 0 Å². The van der Waals surface area contributed by atoms with E-state index >= 15 is 0 Å². The van der Waals surface area contributed by atoms with Crippen molar-refractivity contribution in [3.05, 3.63) is 0 Å². The van der Waals surface area contributed by atoms with Gasteiger partial charge >= 0.3 is 0 Å². The van der Waals surface area contributed by atoms with E-state index in [2.05, 4.69) is 10.2 Å². The number of fused-ring (bicyclic) bond motifs is 1. The molecule has 3 fully saturated rings. The molecule has 0 aromatic carbocycles. The molecule has 0 aromatic heterocycles. The Hall–Kier alpha value is -0.0800. The third-order valence-electron chi connectivity index (χ3n) is 4.28. The van der Waals surface area contributed by atoms with Crippen LogP contribution >= 0.6 is 0 Å². The number of piperidine rings is 1. The quantitative estimate of drug-likeness (QED) is 0.605. The molecular weight excluding hydrogens is 160 g/mol. The third-order valence-corrected chi connectivity index (χ3v) is 4.28. The van der Waals surface area contributed by atoms with E-state index in [0.29, 0.717) is 5.54 Å². The monoisotopic (exact) mass is 180 g/mol. The van der Waals surface area contributed by atoms with Crippen LogP contribution in [0.25, 0.3) is 0 Å². The largest absolute Gasteiger partial charge is 0.308 e. The zero-order valence-electron chi connectivity index (χ0n) is 8.39. The number of piperazine rings is 1. The van der Waals surface area contributed by atoms with Crippen molar-refractivity contribution in [3.63, 3.8) is 0 Å². The molecule has 0 bridgehead atoms. The SMILES string of the molecule is C1CCN2CC3(CCC3)NCC2C1. The van der Waals surface area contributed by atoms with Crippen molar-refractivity contribution in [1.82, 2.24) is 10.2 Å². The molecule has 3 aliphatic rings. The minimum Gasteiger partial charge on any atom is -0.308 e. The second-order valence-corrected chi connectivity index (χ2v) is 5.13. The van der Waals surface area contributed by atoms with E-state index in [0.717, 1.165) is 6.04 Å². The molecule has 13 heavy (non-hydrogen) atoms. The van der Waals surface area contributed by atoms with Gasteiger partial charge in [0.05, 0.1) is 0 Å². The van der Waals surface area contributed by atoms with Crippen LogP contribution in [0.1, 0.15) is 38.5 Å². The summed E-state index contributed by atoms with van der Waals surface area (Å²) in [6.07, 6.45) is 8.63. The molecule has 0 amide bonds. The van der Waals surface area contributed by atoms with E-state index < -0.39 is 0 Å². The maximum Gasteiger partial charge on any atom is 0.0309 e. The Morgan fingerprint density at radius 1 is 1.15 bits per heavy atom. The lowest BCUT2D eigenvalue weighted by molar-refractivity contribution is 0.0154. The van der Waals surface area contributed by atoms with Crippen LogP contribution in [0.3, 0.4) is 0 Å². The standard InChI is InChI=1S/C11H20N2/c1-2-7-13-9-11(5-3-6-11)12-8-10(13)4-1/h10,12H,1-9H2. The first-order valence-electron chi connectivity index (χ1n) is 5.87. The molecule has 0 aromatic rings. The maximum atomic E-state index is 3.79. The van der Waals surface area contributed by atoms with Crippen LogP contribution in [0.4, 0.5) is 0 Å². The molecule has 74 valence electrons. The molecule has 2 heterocycles. The van der Waals surface area contributed by atoms with Crippen molar-refractivity contribution in [2.24, 2.45) is 0 Å². The highest BCUT2D eigenvalue weighted by Gasteiger charge is 2.43. The molecule has 1 saturated carbocycles. The number of hydrogen-bond donors (Lipinski definition) is 1. The number of nitrogens with zero attached hydrogens (tertiary/aromatic N) is 1. The van der Waals surface area contributed by atoms with E-state index in [-0.39, 0.29) is 0 Å². The van der Waals surface area contributed by atoms with Gasteiger partial charge in [-0.2, -0.15) is 0 Å². The molecule has 2 aliphatic heterocycles. The summed E-state index contributed by atoms with van der Waals surface area (Å²) in [7, 11) is 0. The summed E-state index contributed by atoms with van der Waals surface area (Å²) >= 11 is 0. The second-order valence-electron chi connectivity index (χ2n) is 5.13. The predicted octanol–water partition coefficient (Wildman–Crippen LogP) is 1.37. The topological polar surface area (TPSA) is 15.3 Å². The lowest BCUT2D eigenvalue weighted by Crippen LogP contribution is -2.67. The Bertz CT molecular complexity index is 198. The van der Waals surface area contributed by atoms with Crippen LogP contribution in [0.5, 0.6) is 0 Å². The molecule has 2 saturated heterocycles. The molecule has 1 atom stereocenters. The zero-order chi connectivity index (χ0) is 8.73. The minimum absolute atomic E-state index is 0.563. The van der Waals surface area contributed by atoms with Gasteiger partial charge in [-0.3, -0.25) is 4.90 Å². The van der Waals surface area contributed by atoms with Crippen LogP contribution in [-0.4, -0.2) is 36.1 Å². The Kier molecular flexibility index (Phi) is 1.88. The highest BCUT2D eigenvalue weighted by molar-refractivity contribution is 5.03. The first-order chi connectivity index (χ1) is 6.38. The fraction of sp³-hybridized carbons (Fsp3) is 1.00. The fourth-order valence-corrected chi connectivity index (χ4v) is 3.22. The summed E-state index contributed by atoms with van der Waals surface area (Å²) in [5, 5.41) is 3.79. The molecule has 2 heteroatoms. The number of nitrogens with one attached hydrogen (secondary N) is 1. The molecule has 1 unspecified atom stereocenters. The van der Waals surface area contributed by atoms with Crippen molar-refractivity contribution in [2.75, 3.05) is 19.6 Å². The number of hydrogen-bond acceptors (Lipinski definition) is 2. The van der Waals surface area contributed by atoms with Gasteiger partial charge in [0.2, 0.25) is 0 Å². The Balaban J connectivity index is 1.69. The maximum absolute atomic E-state index is 3.79. The normalized spacial score (nSPS) is 38.3. The first-order valence-corrected chi connectivity index (χ1v) is 5.87. The summed E-state index contributed by atoms with van der Waals surface area (Å²) in [6, 6.07) is 0.875. The number of rotatable bonds is 0. The average molecular weight is 180 g/mol. The zero-order valence-corrected chi connectivity index (χ0v) is 8.39. The summed E-state index contributed by atoms with van der Waals surface area (Å²) in [5.41, 5.74) is 0.563. The Morgan fingerprint density at radius 3 is 2.85 bits per heavy atom. The van der Waals surface area contributed by atoms with E-state index in [1.165, 1.54) is 58.2 Å². The van der Waals surface area contributed by atoms with Crippen molar-refractivity contribution in [2.45, 2.75) is 50.1 Å². The summed E-state index contributed by atoms with van der Waals surface area (Å²) in [5.74, 6) is 0. The summed E-state index contributed by atoms with van der Waals surface area (Å²) < 4.78 is 0. The van der Waals surface area contributed by atoms with E-state index in [4.69, 9.17) is 0 Å². The van der Waals surface area contributed by atoms with Gasteiger partial charge in [-0.05, 0) is 38.6 Å². The van der Waals surface area contributed by atoms with Gasteiger partial charge in [-0.1, -0.05) is 6.42 Å². The molecule has 1 aliphatic carbocycles. The van der Waals surface area contributed by atoms with Crippen LogP contribution in [0.2, 0.25) is 0 Å². The summed E-state index contributed by atoms with van der Waals surface area (Å²) in [6.45, 7) is 3.98. The predicted molar refractivity (Wildman–Crippen MR) is 53.8 cm³/mol. The smallest absolute Gasteiger partial charge is 0.0309 e. The third kappa shape index (κ3) is 1.31. The van der Waals surface area contributed by atoms with E-state index in [9.17, 15) is 0 Å². The molecule has 2 nitrogen and oxygen atoms in total.